The van der Waals surface area contributed by atoms with E-state index in [1.165, 1.54) is 0 Å². The number of benzene rings is 1. The summed E-state index contributed by atoms with van der Waals surface area (Å²) in [5.74, 6) is 0.274. The minimum atomic E-state index is 0.274. The summed E-state index contributed by atoms with van der Waals surface area (Å²) in [6, 6.07) is 17.1. The Morgan fingerprint density at radius 3 is 2.69 bits per heavy atom. The number of aryl methyl sites for hydroxylation is 1. The van der Waals surface area contributed by atoms with Crippen molar-refractivity contribution in [1.29, 1.82) is 5.26 Å². The number of fused-ring (bicyclic) bond motifs is 1. The summed E-state index contributed by atoms with van der Waals surface area (Å²) in [6.45, 7) is 3.10. The van der Waals surface area contributed by atoms with Crippen molar-refractivity contribution >= 4 is 16.9 Å². The molecule has 0 aliphatic rings. The first kappa shape index (κ1) is 19.4. The number of nitrogen functional groups attached to an aromatic ring is 1. The lowest BCUT2D eigenvalue weighted by molar-refractivity contribution is 0.591. The summed E-state index contributed by atoms with van der Waals surface area (Å²) in [4.78, 5) is 10.6. The lowest BCUT2D eigenvalue weighted by Crippen LogP contribution is -2.05. The van der Waals surface area contributed by atoms with Crippen LogP contribution in [0.15, 0.2) is 60.9 Å². The molecule has 0 fully saturated rings. The number of nitrogens with zero attached hydrogens (tertiary/aromatic N) is 8. The Morgan fingerprint density at radius 2 is 1.91 bits per heavy atom. The fourth-order valence-electron chi connectivity index (χ4n) is 3.72. The quantitative estimate of drug-likeness (QED) is 0.462. The SMILES string of the molecule is CCn1nccc1-c1c(-c2cccc(C#N)c2)nc(N)c2nn(Cc3ccccn3)nc12. The van der Waals surface area contributed by atoms with Crippen molar-refractivity contribution in [2.24, 2.45) is 0 Å². The Morgan fingerprint density at radius 1 is 1.03 bits per heavy atom. The average Bonchev–Trinajstić information content (AvgIpc) is 3.47. The summed E-state index contributed by atoms with van der Waals surface area (Å²) in [5, 5.41) is 23.2. The van der Waals surface area contributed by atoms with E-state index in [4.69, 9.17) is 15.8 Å². The normalized spacial score (nSPS) is 11.0. The number of nitriles is 1. The van der Waals surface area contributed by atoms with Gasteiger partial charge in [0.1, 0.15) is 12.1 Å². The second-order valence-electron chi connectivity index (χ2n) is 7.19. The zero-order chi connectivity index (χ0) is 22.1. The summed E-state index contributed by atoms with van der Waals surface area (Å²) >= 11 is 0. The first-order valence-electron chi connectivity index (χ1n) is 10.1. The van der Waals surface area contributed by atoms with Gasteiger partial charge in [0.05, 0.1) is 34.3 Å². The van der Waals surface area contributed by atoms with Gasteiger partial charge in [-0.05, 0) is 37.3 Å². The van der Waals surface area contributed by atoms with Crippen molar-refractivity contribution in [2.75, 3.05) is 5.73 Å². The molecule has 2 N–H and O–H groups in total. The highest BCUT2D eigenvalue weighted by atomic mass is 15.5. The maximum Gasteiger partial charge on any atom is 0.156 e. The van der Waals surface area contributed by atoms with Crippen molar-refractivity contribution in [3.8, 4) is 28.6 Å². The summed E-state index contributed by atoms with van der Waals surface area (Å²) < 4.78 is 1.88. The molecule has 9 nitrogen and oxygen atoms in total. The van der Waals surface area contributed by atoms with Gasteiger partial charge in [-0.3, -0.25) is 9.67 Å². The molecule has 0 aliphatic heterocycles. The third-order valence-electron chi connectivity index (χ3n) is 5.17. The molecule has 156 valence electrons. The fourth-order valence-corrected chi connectivity index (χ4v) is 3.72. The van der Waals surface area contributed by atoms with Crippen molar-refractivity contribution in [1.82, 2.24) is 34.7 Å². The molecule has 5 rings (SSSR count). The molecule has 0 unspecified atom stereocenters. The van der Waals surface area contributed by atoms with E-state index in [2.05, 4.69) is 21.3 Å². The van der Waals surface area contributed by atoms with Crippen LogP contribution in [-0.2, 0) is 13.1 Å². The Kier molecular flexibility index (Phi) is 4.80. The molecule has 32 heavy (non-hydrogen) atoms. The smallest absolute Gasteiger partial charge is 0.156 e. The molecule has 5 aromatic rings. The van der Waals surface area contributed by atoms with Crippen LogP contribution in [0.25, 0.3) is 33.5 Å². The fraction of sp³-hybridized carbons (Fsp3) is 0.130. The van der Waals surface area contributed by atoms with Gasteiger partial charge >= 0.3 is 0 Å². The van der Waals surface area contributed by atoms with Gasteiger partial charge in [0.25, 0.3) is 0 Å². The van der Waals surface area contributed by atoms with Gasteiger partial charge in [-0.25, -0.2) is 4.98 Å². The molecule has 4 heterocycles. The van der Waals surface area contributed by atoms with Crippen molar-refractivity contribution in [3.05, 3.63) is 72.2 Å². The first-order chi connectivity index (χ1) is 15.7. The number of anilines is 1. The molecule has 1 aromatic carbocycles. The molecular weight excluding hydrogens is 402 g/mol. The molecule has 0 radical (unpaired) electrons. The van der Waals surface area contributed by atoms with Crippen LogP contribution in [0.5, 0.6) is 0 Å². The number of rotatable bonds is 5. The third kappa shape index (κ3) is 3.33. The molecule has 0 saturated carbocycles. The number of hydrogen-bond acceptors (Lipinski definition) is 7. The van der Waals surface area contributed by atoms with Gasteiger partial charge in [0.15, 0.2) is 11.3 Å². The van der Waals surface area contributed by atoms with Crippen LogP contribution >= 0.6 is 0 Å². The van der Waals surface area contributed by atoms with Gasteiger partial charge in [0.2, 0.25) is 0 Å². The molecule has 0 saturated heterocycles. The van der Waals surface area contributed by atoms with Crippen LogP contribution in [0.3, 0.4) is 0 Å². The average molecular weight is 421 g/mol. The lowest BCUT2D eigenvalue weighted by atomic mass is 10.00. The predicted molar refractivity (Wildman–Crippen MR) is 120 cm³/mol. The topological polar surface area (TPSA) is 124 Å². The van der Waals surface area contributed by atoms with Crippen LogP contribution < -0.4 is 5.73 Å². The molecule has 0 bridgehead atoms. The Labute approximate surface area is 183 Å². The van der Waals surface area contributed by atoms with Crippen LogP contribution in [-0.4, -0.2) is 34.7 Å². The van der Waals surface area contributed by atoms with E-state index in [1.807, 2.05) is 48.0 Å². The van der Waals surface area contributed by atoms with E-state index in [0.717, 1.165) is 22.5 Å². The largest absolute Gasteiger partial charge is 0.382 e. The maximum atomic E-state index is 9.37. The zero-order valence-corrected chi connectivity index (χ0v) is 17.3. The Balaban J connectivity index is 1.78. The van der Waals surface area contributed by atoms with Crippen LogP contribution in [0.2, 0.25) is 0 Å². The molecule has 4 aromatic heterocycles. The van der Waals surface area contributed by atoms with E-state index < -0.39 is 0 Å². The second kappa shape index (κ2) is 7.92. The van der Waals surface area contributed by atoms with Crippen molar-refractivity contribution < 1.29 is 0 Å². The monoisotopic (exact) mass is 421 g/mol. The zero-order valence-electron chi connectivity index (χ0n) is 17.3. The first-order valence-corrected chi connectivity index (χ1v) is 10.1. The Bertz CT molecular complexity index is 1460. The van der Waals surface area contributed by atoms with E-state index in [1.54, 1.807) is 29.3 Å². The van der Waals surface area contributed by atoms with Crippen LogP contribution in [0.1, 0.15) is 18.2 Å². The van der Waals surface area contributed by atoms with Crippen LogP contribution in [0, 0.1) is 11.3 Å². The molecule has 0 spiro atoms. The summed E-state index contributed by atoms with van der Waals surface area (Å²) in [5.41, 5.74) is 11.9. The molecule has 0 aliphatic carbocycles. The molecule has 0 atom stereocenters. The van der Waals surface area contributed by atoms with Crippen molar-refractivity contribution in [2.45, 2.75) is 20.0 Å². The third-order valence-corrected chi connectivity index (χ3v) is 5.17. The van der Waals surface area contributed by atoms with E-state index in [-0.39, 0.29) is 5.82 Å². The number of hydrogen-bond donors (Lipinski definition) is 1. The highest BCUT2D eigenvalue weighted by Gasteiger charge is 2.23. The standard InChI is InChI=1S/C23H19N9/c1-2-31-18(9-11-27-31)19-20(16-7-5-6-15(12-16)13-24)28-23(25)22-21(19)29-32(30-22)14-17-8-3-4-10-26-17/h3-12H,2,14H2,1H3,(H2,25,28). The van der Waals surface area contributed by atoms with Gasteiger partial charge in [-0.2, -0.15) is 20.3 Å². The van der Waals surface area contributed by atoms with Gasteiger partial charge in [-0.1, -0.05) is 18.2 Å². The van der Waals surface area contributed by atoms with Gasteiger partial charge in [-0.15, -0.1) is 5.10 Å². The number of nitrogens with two attached hydrogens (primary N) is 1. The predicted octanol–water partition coefficient (Wildman–Crippen LogP) is 3.27. The Hall–Kier alpha value is -4.58. The maximum absolute atomic E-state index is 9.37. The highest BCUT2D eigenvalue weighted by Crippen LogP contribution is 2.37. The van der Waals surface area contributed by atoms with E-state index in [0.29, 0.717) is 35.4 Å². The second-order valence-corrected chi connectivity index (χ2v) is 7.19. The van der Waals surface area contributed by atoms with Crippen molar-refractivity contribution in [3.63, 3.8) is 0 Å². The minimum Gasteiger partial charge on any atom is -0.382 e. The minimum absolute atomic E-state index is 0.274. The molecule has 0 amide bonds. The van der Waals surface area contributed by atoms with E-state index in [9.17, 15) is 5.26 Å². The van der Waals surface area contributed by atoms with Gasteiger partial charge < -0.3 is 5.73 Å². The van der Waals surface area contributed by atoms with Gasteiger partial charge in [0, 0.05) is 24.5 Å². The molecule has 9 heteroatoms. The number of aromatic nitrogens is 7. The highest BCUT2D eigenvalue weighted by molar-refractivity contribution is 6.02. The lowest BCUT2D eigenvalue weighted by Gasteiger charge is -2.12. The van der Waals surface area contributed by atoms with Crippen LogP contribution in [0.4, 0.5) is 5.82 Å². The molecular formula is C23H19N9. The number of pyridine rings is 2. The summed E-state index contributed by atoms with van der Waals surface area (Å²) in [6.07, 6.45) is 3.48. The summed E-state index contributed by atoms with van der Waals surface area (Å²) in [7, 11) is 0. The van der Waals surface area contributed by atoms with E-state index >= 15 is 0 Å².